The van der Waals surface area contributed by atoms with Crippen LogP contribution in [0.5, 0.6) is 0 Å². The molecule has 37 heavy (non-hydrogen) atoms. The maximum Gasteiger partial charge on any atom is 4.00 e. The minimum atomic E-state index is -0.687. The van der Waals surface area contributed by atoms with Gasteiger partial charge in [0.1, 0.15) is 0 Å². The third-order valence-corrected chi connectivity index (χ3v) is 4.59. The van der Waals surface area contributed by atoms with Crippen LogP contribution < -0.4 is 0 Å². The van der Waals surface area contributed by atoms with Crippen LogP contribution in [-0.2, 0) is 21.7 Å². The van der Waals surface area contributed by atoms with E-state index in [1.54, 1.807) is 58.2 Å². The van der Waals surface area contributed by atoms with E-state index in [0.717, 1.165) is 6.42 Å². The van der Waals surface area contributed by atoms with E-state index in [0.29, 0.717) is 11.4 Å². The average Bonchev–Trinajstić information content (AvgIpc) is 3.69. The normalized spacial score (nSPS) is 10.7. The minimum absolute atomic E-state index is 0. The van der Waals surface area contributed by atoms with Crippen LogP contribution in [0.25, 0.3) is 11.4 Å². The van der Waals surface area contributed by atoms with Gasteiger partial charge in [-0.25, -0.2) is 41.8 Å². The van der Waals surface area contributed by atoms with E-state index in [4.69, 9.17) is 0 Å². The molecule has 1 aliphatic carbocycles. The van der Waals surface area contributed by atoms with Crippen molar-refractivity contribution < 1.29 is 39.3 Å². The molecule has 1 aliphatic rings. The quantitative estimate of drug-likeness (QED) is 0.124. The first kappa shape index (κ1) is 29.5. The summed E-state index contributed by atoms with van der Waals surface area (Å²) in [4.78, 5) is 0. The van der Waals surface area contributed by atoms with Gasteiger partial charge in [0.2, 0.25) is 0 Å². The maximum absolute atomic E-state index is 13.1. The summed E-state index contributed by atoms with van der Waals surface area (Å²) < 4.78 is 54.3. The van der Waals surface area contributed by atoms with Crippen LogP contribution in [0.3, 0.4) is 0 Å². The van der Waals surface area contributed by atoms with E-state index in [1.165, 1.54) is 24.3 Å². The van der Waals surface area contributed by atoms with Gasteiger partial charge in [-0.3, -0.25) is 6.08 Å². The van der Waals surface area contributed by atoms with Gasteiger partial charge in [0.15, 0.2) is 0 Å². The molecule has 0 N–H and O–H groups in total. The molecule has 0 unspecified atom stereocenters. The first-order chi connectivity index (χ1) is 17.5. The molecule has 2 heterocycles. The molecule has 7 heteroatoms. The SMILES string of the molecule is Fc1[c-]c(F)c(-n2cccc2)cc1.Fc1[c-]c(F)c(-n2cccc2)cc1.[C-]1=CC=CC1.[Ti+4].c1cc[cH-]c1. The van der Waals surface area contributed by atoms with Crippen molar-refractivity contribution in [1.29, 1.82) is 0 Å². The van der Waals surface area contributed by atoms with Crippen molar-refractivity contribution in [1.82, 2.24) is 9.13 Å². The average molecular weight is 534 g/mol. The van der Waals surface area contributed by atoms with Crippen LogP contribution in [-0.4, -0.2) is 9.13 Å². The monoisotopic (exact) mass is 534 g/mol. The number of hydrogen-bond acceptors (Lipinski definition) is 0. The van der Waals surface area contributed by atoms with Crippen LogP contribution in [0.2, 0.25) is 0 Å². The largest absolute Gasteiger partial charge is 4.00 e. The Kier molecular flexibility index (Phi) is 12.8. The second kappa shape index (κ2) is 16.1. The summed E-state index contributed by atoms with van der Waals surface area (Å²) in [5, 5.41) is 0. The Morgan fingerprint density at radius 3 is 1.38 bits per heavy atom. The molecule has 2 nitrogen and oxygen atoms in total. The summed E-state index contributed by atoms with van der Waals surface area (Å²) in [5.74, 6) is -2.74. The zero-order chi connectivity index (χ0) is 25.6. The number of benzene rings is 2. The molecule has 0 saturated heterocycles. The molecule has 0 fully saturated rings. The summed E-state index contributed by atoms with van der Waals surface area (Å²) in [6.45, 7) is 0. The molecule has 0 aliphatic heterocycles. The van der Waals surface area contributed by atoms with Gasteiger partial charge in [-0.2, -0.15) is 24.3 Å². The van der Waals surface area contributed by atoms with Crippen LogP contribution >= 0.6 is 0 Å². The van der Waals surface area contributed by atoms with Gasteiger partial charge in [-0.05, 0) is 60.4 Å². The van der Waals surface area contributed by atoms with Gasteiger partial charge < -0.3 is 9.13 Å². The Hall–Kier alpha value is -3.74. The van der Waals surface area contributed by atoms with Crippen molar-refractivity contribution in [3.63, 3.8) is 0 Å². The van der Waals surface area contributed by atoms with Crippen LogP contribution in [0.15, 0.2) is 122 Å². The van der Waals surface area contributed by atoms with Gasteiger partial charge in [0, 0.05) is 23.3 Å². The smallest absolute Gasteiger partial charge is 0.375 e. The maximum atomic E-state index is 13.1. The fraction of sp³-hybridized carbons (Fsp3) is 0.0333. The minimum Gasteiger partial charge on any atom is -0.375 e. The van der Waals surface area contributed by atoms with E-state index >= 15 is 0 Å². The van der Waals surface area contributed by atoms with Gasteiger partial charge in [-0.1, -0.05) is 0 Å². The zero-order valence-electron chi connectivity index (χ0n) is 19.7. The molecule has 3 aromatic carbocycles. The molecule has 5 aromatic rings. The Bertz CT molecular complexity index is 1230. The van der Waals surface area contributed by atoms with E-state index in [1.807, 2.05) is 54.6 Å². The van der Waals surface area contributed by atoms with Gasteiger partial charge in [0.05, 0.1) is 0 Å². The number of nitrogens with zero attached hydrogens (tertiary/aromatic N) is 2. The van der Waals surface area contributed by atoms with Crippen LogP contribution in [0, 0.1) is 41.5 Å². The summed E-state index contributed by atoms with van der Waals surface area (Å²) >= 11 is 0. The Labute approximate surface area is 229 Å². The van der Waals surface area contributed by atoms with Crippen LogP contribution in [0.1, 0.15) is 6.42 Å². The summed E-state index contributed by atoms with van der Waals surface area (Å²) in [7, 11) is 0. The second-order valence-corrected chi connectivity index (χ2v) is 7.16. The molecule has 0 atom stereocenters. The van der Waals surface area contributed by atoms with E-state index in [2.05, 4.69) is 12.2 Å². The number of halogens is 4. The van der Waals surface area contributed by atoms with Crippen molar-refractivity contribution in [2.75, 3.05) is 0 Å². The van der Waals surface area contributed by atoms with Gasteiger partial charge in [-0.15, -0.1) is 42.8 Å². The zero-order valence-corrected chi connectivity index (χ0v) is 21.2. The van der Waals surface area contributed by atoms with Crippen molar-refractivity contribution in [3.05, 3.63) is 163 Å². The number of hydrogen-bond donors (Lipinski definition) is 0. The third kappa shape index (κ3) is 10.0. The van der Waals surface area contributed by atoms with Crippen molar-refractivity contribution in [2.24, 2.45) is 0 Å². The third-order valence-electron chi connectivity index (χ3n) is 4.59. The molecular formula is C30H22F4N2Ti. The fourth-order valence-corrected chi connectivity index (χ4v) is 2.92. The molecule has 2 aromatic heterocycles. The second-order valence-electron chi connectivity index (χ2n) is 7.16. The number of aromatic nitrogens is 2. The van der Waals surface area contributed by atoms with Gasteiger partial charge in [0.25, 0.3) is 0 Å². The number of rotatable bonds is 2. The van der Waals surface area contributed by atoms with Crippen molar-refractivity contribution in [3.8, 4) is 11.4 Å². The topological polar surface area (TPSA) is 9.86 Å². The molecular weight excluding hydrogens is 512 g/mol. The predicted molar refractivity (Wildman–Crippen MR) is 133 cm³/mol. The molecule has 0 spiro atoms. The predicted octanol–water partition coefficient (Wildman–Crippen LogP) is 7.82. The van der Waals surface area contributed by atoms with E-state index in [9.17, 15) is 17.6 Å². The van der Waals surface area contributed by atoms with Crippen LogP contribution in [0.4, 0.5) is 17.6 Å². The molecule has 0 amide bonds. The van der Waals surface area contributed by atoms with Crippen molar-refractivity contribution in [2.45, 2.75) is 6.42 Å². The Morgan fingerprint density at radius 1 is 0.649 bits per heavy atom. The molecule has 0 bridgehead atoms. The number of allylic oxidation sites excluding steroid dienone is 4. The summed E-state index contributed by atoms with van der Waals surface area (Å²) in [6.07, 6.45) is 16.7. The molecule has 0 radical (unpaired) electrons. The Morgan fingerprint density at radius 2 is 1.11 bits per heavy atom. The first-order valence-corrected chi connectivity index (χ1v) is 10.9. The molecule has 184 valence electrons. The standard InChI is InChI=1S/2C10H6F2N.2C5H5.Ti/c2*11-8-3-4-10(9(12)7-8)13-5-1-2-6-13;2*1-2-4-5-3-1;/h2*1-6H;1-3H,4H2;1-5H;/q4*-1;+4. The summed E-state index contributed by atoms with van der Waals surface area (Å²) in [5.41, 5.74) is 0.595. The Balaban J connectivity index is 0.000000187. The van der Waals surface area contributed by atoms with E-state index < -0.39 is 23.3 Å². The molecule has 6 rings (SSSR count). The summed E-state index contributed by atoms with van der Waals surface area (Å²) in [6, 6.07) is 26.1. The van der Waals surface area contributed by atoms with Crippen molar-refractivity contribution >= 4 is 0 Å². The van der Waals surface area contributed by atoms with Gasteiger partial charge >= 0.3 is 21.7 Å². The van der Waals surface area contributed by atoms with E-state index in [-0.39, 0.29) is 21.7 Å². The fourth-order valence-electron chi connectivity index (χ4n) is 2.92. The molecule has 0 saturated carbocycles. The first-order valence-electron chi connectivity index (χ1n) is 10.9.